The molecule has 0 aromatic carbocycles. The minimum absolute atomic E-state index is 0.198. The molecule has 1 nitrogen and oxygen atoms in total. The molecule has 86 valence electrons. The van der Waals surface area contributed by atoms with Crippen LogP contribution >= 0.6 is 11.8 Å². The van der Waals surface area contributed by atoms with Crippen LogP contribution in [0.25, 0.3) is 0 Å². The molecule has 0 aliphatic carbocycles. The standard InChI is InChI=1S/C9H17F3OS/c1-4-7(14-3)5-6-8(2,13)9(10,11)12/h7,13H,4-6H2,1-3H3/t7-,8?/m0/s1. The first-order chi connectivity index (χ1) is 6.24. The van der Waals surface area contributed by atoms with Gasteiger partial charge in [-0.2, -0.15) is 24.9 Å². The summed E-state index contributed by atoms with van der Waals surface area (Å²) in [5.41, 5.74) is -2.55. The van der Waals surface area contributed by atoms with Crippen LogP contribution in [0.2, 0.25) is 0 Å². The molecular weight excluding hydrogens is 213 g/mol. The van der Waals surface area contributed by atoms with Crippen LogP contribution in [0.5, 0.6) is 0 Å². The van der Waals surface area contributed by atoms with Crippen molar-refractivity contribution in [1.29, 1.82) is 0 Å². The van der Waals surface area contributed by atoms with Crippen molar-refractivity contribution >= 4 is 11.8 Å². The van der Waals surface area contributed by atoms with E-state index in [1.165, 1.54) is 0 Å². The number of halogens is 3. The summed E-state index contributed by atoms with van der Waals surface area (Å²) in [6.45, 7) is 2.77. The Morgan fingerprint density at radius 2 is 1.86 bits per heavy atom. The van der Waals surface area contributed by atoms with Crippen molar-refractivity contribution in [3.05, 3.63) is 0 Å². The third-order valence-corrected chi connectivity index (χ3v) is 3.59. The molecule has 0 bridgehead atoms. The maximum absolute atomic E-state index is 12.2. The highest BCUT2D eigenvalue weighted by Crippen LogP contribution is 2.35. The predicted molar refractivity (Wildman–Crippen MR) is 53.5 cm³/mol. The highest BCUT2D eigenvalue weighted by Gasteiger charge is 2.49. The van der Waals surface area contributed by atoms with Crippen molar-refractivity contribution in [3.8, 4) is 0 Å². The molecule has 0 aliphatic heterocycles. The van der Waals surface area contributed by atoms with Gasteiger partial charge in [-0.15, -0.1) is 0 Å². The molecule has 0 aliphatic rings. The van der Waals surface area contributed by atoms with Crippen molar-refractivity contribution in [3.63, 3.8) is 0 Å². The summed E-state index contributed by atoms with van der Waals surface area (Å²) >= 11 is 1.54. The molecule has 5 heteroatoms. The van der Waals surface area contributed by atoms with E-state index in [2.05, 4.69) is 0 Å². The number of aliphatic hydroxyl groups is 1. The van der Waals surface area contributed by atoms with Crippen LogP contribution in [0.3, 0.4) is 0 Å². The molecule has 0 radical (unpaired) electrons. The van der Waals surface area contributed by atoms with Gasteiger partial charge in [0.1, 0.15) is 0 Å². The summed E-state index contributed by atoms with van der Waals surface area (Å²) in [5.74, 6) is 0. The SMILES string of the molecule is CC[C@@H](CCC(C)(O)C(F)(F)F)SC. The van der Waals surface area contributed by atoms with Gasteiger partial charge in [-0.25, -0.2) is 0 Å². The summed E-state index contributed by atoms with van der Waals surface area (Å²) in [4.78, 5) is 0. The molecule has 0 aromatic heterocycles. The Hall–Kier alpha value is 0.100. The number of alkyl halides is 3. The van der Waals surface area contributed by atoms with Crippen LogP contribution in [0.15, 0.2) is 0 Å². The fourth-order valence-corrected chi connectivity index (χ4v) is 1.76. The molecule has 0 aromatic rings. The largest absolute Gasteiger partial charge is 0.416 e. The minimum atomic E-state index is -4.52. The van der Waals surface area contributed by atoms with Crippen LogP contribution in [0.1, 0.15) is 33.1 Å². The van der Waals surface area contributed by atoms with E-state index < -0.39 is 11.8 Å². The fourth-order valence-electron chi connectivity index (χ4n) is 1.07. The van der Waals surface area contributed by atoms with Gasteiger partial charge in [0.05, 0.1) is 0 Å². The highest BCUT2D eigenvalue weighted by molar-refractivity contribution is 7.99. The van der Waals surface area contributed by atoms with E-state index in [0.29, 0.717) is 6.42 Å². The number of hydrogen-bond acceptors (Lipinski definition) is 2. The molecule has 1 unspecified atom stereocenters. The highest BCUT2D eigenvalue weighted by atomic mass is 32.2. The van der Waals surface area contributed by atoms with Gasteiger partial charge in [-0.3, -0.25) is 0 Å². The molecule has 2 atom stereocenters. The zero-order valence-electron chi connectivity index (χ0n) is 8.69. The topological polar surface area (TPSA) is 20.2 Å². The lowest BCUT2D eigenvalue weighted by Crippen LogP contribution is -2.42. The Morgan fingerprint density at radius 3 is 2.14 bits per heavy atom. The molecule has 0 amide bonds. The molecular formula is C9H17F3OS. The smallest absolute Gasteiger partial charge is 0.381 e. The maximum atomic E-state index is 12.2. The Bertz CT molecular complexity index is 164. The lowest BCUT2D eigenvalue weighted by molar-refractivity contribution is -0.255. The normalized spacial score (nSPS) is 19.1. The van der Waals surface area contributed by atoms with Gasteiger partial charge in [0.15, 0.2) is 5.60 Å². The van der Waals surface area contributed by atoms with E-state index in [1.54, 1.807) is 11.8 Å². The second kappa shape index (κ2) is 5.26. The molecule has 1 N–H and O–H groups in total. The Balaban J connectivity index is 4.11. The average Bonchev–Trinajstić information content (AvgIpc) is 2.04. The van der Waals surface area contributed by atoms with Gasteiger partial charge in [-0.05, 0) is 32.4 Å². The van der Waals surface area contributed by atoms with E-state index in [-0.39, 0.29) is 11.7 Å². The van der Waals surface area contributed by atoms with E-state index in [9.17, 15) is 13.2 Å². The second-order valence-electron chi connectivity index (χ2n) is 3.58. The van der Waals surface area contributed by atoms with Gasteiger partial charge in [-0.1, -0.05) is 6.92 Å². The monoisotopic (exact) mass is 230 g/mol. The van der Waals surface area contributed by atoms with E-state index in [4.69, 9.17) is 5.11 Å². The number of hydrogen-bond donors (Lipinski definition) is 1. The zero-order valence-corrected chi connectivity index (χ0v) is 9.50. The molecule has 0 rings (SSSR count). The van der Waals surface area contributed by atoms with Crippen molar-refractivity contribution in [2.75, 3.05) is 6.26 Å². The summed E-state index contributed by atoms with van der Waals surface area (Å²) in [6, 6.07) is 0. The number of thioether (sulfide) groups is 1. The molecule has 14 heavy (non-hydrogen) atoms. The van der Waals surface area contributed by atoms with Crippen LogP contribution in [0.4, 0.5) is 13.2 Å². The third kappa shape index (κ3) is 4.09. The van der Waals surface area contributed by atoms with Crippen molar-refractivity contribution in [2.24, 2.45) is 0 Å². The van der Waals surface area contributed by atoms with Crippen molar-refractivity contribution in [2.45, 2.75) is 50.1 Å². The average molecular weight is 230 g/mol. The molecule has 0 saturated heterocycles. The maximum Gasteiger partial charge on any atom is 0.416 e. The summed E-state index contributed by atoms with van der Waals surface area (Å²) in [7, 11) is 0. The van der Waals surface area contributed by atoms with Gasteiger partial charge in [0.25, 0.3) is 0 Å². The number of rotatable bonds is 5. The van der Waals surface area contributed by atoms with Crippen LogP contribution in [0, 0.1) is 0 Å². The first kappa shape index (κ1) is 14.1. The summed E-state index contributed by atoms with van der Waals surface area (Å²) in [5, 5.41) is 9.35. The van der Waals surface area contributed by atoms with E-state index in [1.807, 2.05) is 13.2 Å². The predicted octanol–water partition coefficient (Wildman–Crippen LogP) is 3.22. The van der Waals surface area contributed by atoms with Crippen molar-refractivity contribution in [1.82, 2.24) is 0 Å². The summed E-state index contributed by atoms with van der Waals surface area (Å²) in [6.07, 6.45) is -1.66. The van der Waals surface area contributed by atoms with E-state index in [0.717, 1.165) is 13.3 Å². The second-order valence-corrected chi connectivity index (χ2v) is 4.71. The fraction of sp³-hybridized carbons (Fsp3) is 1.00. The van der Waals surface area contributed by atoms with Gasteiger partial charge >= 0.3 is 6.18 Å². The Labute approximate surface area is 87.1 Å². The van der Waals surface area contributed by atoms with Crippen molar-refractivity contribution < 1.29 is 18.3 Å². The minimum Gasteiger partial charge on any atom is -0.381 e. The lowest BCUT2D eigenvalue weighted by Gasteiger charge is -2.27. The van der Waals surface area contributed by atoms with Gasteiger partial charge < -0.3 is 5.11 Å². The first-order valence-corrected chi connectivity index (χ1v) is 5.85. The molecule has 0 fully saturated rings. The Kier molecular flexibility index (Phi) is 5.30. The molecule has 0 spiro atoms. The van der Waals surface area contributed by atoms with Gasteiger partial charge in [0.2, 0.25) is 0 Å². The zero-order chi connectivity index (χ0) is 11.4. The quantitative estimate of drug-likeness (QED) is 0.782. The molecule has 0 saturated carbocycles. The molecule has 0 heterocycles. The lowest BCUT2D eigenvalue weighted by atomic mass is 9.98. The third-order valence-electron chi connectivity index (χ3n) is 2.35. The summed E-state index contributed by atoms with van der Waals surface area (Å²) < 4.78 is 36.7. The Morgan fingerprint density at radius 1 is 1.36 bits per heavy atom. The van der Waals surface area contributed by atoms with Crippen LogP contribution in [-0.2, 0) is 0 Å². The van der Waals surface area contributed by atoms with Gasteiger partial charge in [0, 0.05) is 5.25 Å². The first-order valence-electron chi connectivity index (χ1n) is 4.56. The van der Waals surface area contributed by atoms with Crippen LogP contribution in [-0.4, -0.2) is 28.4 Å². The van der Waals surface area contributed by atoms with E-state index >= 15 is 0 Å². The van der Waals surface area contributed by atoms with Crippen LogP contribution < -0.4 is 0 Å².